The van der Waals surface area contributed by atoms with Crippen LogP contribution >= 0.6 is 11.3 Å². The molecule has 1 N–H and O–H groups in total. The van der Waals surface area contributed by atoms with Crippen molar-refractivity contribution in [2.24, 2.45) is 11.8 Å². The van der Waals surface area contributed by atoms with Crippen LogP contribution in [0.2, 0.25) is 0 Å². The number of nitrogens with one attached hydrogen (secondary N) is 1. The van der Waals surface area contributed by atoms with Crippen LogP contribution in [0.1, 0.15) is 54.5 Å². The maximum Gasteiger partial charge on any atom is 0.265 e. The zero-order valence-electron chi connectivity index (χ0n) is 20.7. The van der Waals surface area contributed by atoms with Crippen molar-refractivity contribution in [3.63, 3.8) is 0 Å². The molecule has 2 amide bonds. The Balaban J connectivity index is 1.52. The lowest BCUT2D eigenvalue weighted by molar-refractivity contribution is -0.126. The predicted octanol–water partition coefficient (Wildman–Crippen LogP) is 4.37. The Kier molecular flexibility index (Phi) is 9.03. The molecule has 0 radical (unpaired) electrons. The summed E-state index contributed by atoms with van der Waals surface area (Å²) in [6, 6.07) is 8.25. The van der Waals surface area contributed by atoms with E-state index >= 15 is 0 Å². The Bertz CT molecular complexity index is 928. The van der Waals surface area contributed by atoms with Gasteiger partial charge in [-0.3, -0.25) is 9.59 Å². The third-order valence-electron chi connectivity index (χ3n) is 6.86. The lowest BCUT2D eigenvalue weighted by atomic mass is 9.85. The molecule has 1 aliphatic rings. The maximum absolute atomic E-state index is 13.2. The maximum atomic E-state index is 13.2. The highest BCUT2D eigenvalue weighted by atomic mass is 32.1. The topological polar surface area (TPSA) is 65.5 Å². The lowest BCUT2D eigenvalue weighted by Gasteiger charge is -2.34. The fourth-order valence-corrected chi connectivity index (χ4v) is 5.45. The zero-order valence-corrected chi connectivity index (χ0v) is 21.5. The number of nitrogens with zero attached hydrogens (tertiary/aromatic N) is 3. The van der Waals surface area contributed by atoms with Crippen LogP contribution in [0.5, 0.6) is 0 Å². The summed E-state index contributed by atoms with van der Waals surface area (Å²) in [6.45, 7) is 15.2. The van der Waals surface area contributed by atoms with Gasteiger partial charge < -0.3 is 15.1 Å². The minimum Gasteiger partial charge on any atom is -0.355 e. The highest BCUT2D eigenvalue weighted by molar-refractivity contribution is 7.17. The first-order valence-electron chi connectivity index (χ1n) is 12.2. The molecule has 1 unspecified atom stereocenters. The van der Waals surface area contributed by atoms with Gasteiger partial charge >= 0.3 is 0 Å². The van der Waals surface area contributed by atoms with Gasteiger partial charge in [-0.15, -0.1) is 11.3 Å². The zero-order chi connectivity index (χ0) is 24.0. The summed E-state index contributed by atoms with van der Waals surface area (Å²) in [5.74, 6) is 0.483. The van der Waals surface area contributed by atoms with Gasteiger partial charge in [0.05, 0.1) is 5.69 Å². The first kappa shape index (κ1) is 25.4. The molecule has 180 valence electrons. The minimum atomic E-state index is -0.0303. The molecule has 0 aliphatic carbocycles. The predicted molar refractivity (Wildman–Crippen MR) is 136 cm³/mol. The average molecular weight is 471 g/mol. The summed E-state index contributed by atoms with van der Waals surface area (Å²) in [6.07, 6.45) is 1.72. The summed E-state index contributed by atoms with van der Waals surface area (Å²) >= 11 is 1.48. The van der Waals surface area contributed by atoms with Crippen LogP contribution in [-0.2, 0) is 4.79 Å². The average Bonchev–Trinajstić information content (AvgIpc) is 3.22. The fourth-order valence-electron chi connectivity index (χ4n) is 4.41. The first-order chi connectivity index (χ1) is 15.8. The Morgan fingerprint density at radius 2 is 1.79 bits per heavy atom. The van der Waals surface area contributed by atoms with Crippen LogP contribution in [0, 0.1) is 25.7 Å². The first-order valence-corrected chi connectivity index (χ1v) is 13.0. The van der Waals surface area contributed by atoms with Crippen molar-refractivity contribution in [2.75, 3.05) is 39.3 Å². The van der Waals surface area contributed by atoms with Crippen LogP contribution in [0.15, 0.2) is 24.3 Å². The van der Waals surface area contributed by atoms with E-state index in [0.29, 0.717) is 25.6 Å². The van der Waals surface area contributed by atoms with Gasteiger partial charge in [-0.25, -0.2) is 4.98 Å². The fraction of sp³-hybridized carbons (Fsp3) is 0.577. The van der Waals surface area contributed by atoms with Gasteiger partial charge in [0.2, 0.25) is 5.91 Å². The van der Waals surface area contributed by atoms with E-state index < -0.39 is 0 Å². The van der Waals surface area contributed by atoms with Gasteiger partial charge in [-0.2, -0.15) is 0 Å². The minimum absolute atomic E-state index is 0.0303. The number of rotatable bonds is 9. The number of carbonyl (C=O) groups excluding carboxylic acids is 2. The molecule has 7 heteroatoms. The van der Waals surface area contributed by atoms with Crippen LogP contribution < -0.4 is 5.32 Å². The van der Waals surface area contributed by atoms with E-state index in [1.54, 1.807) is 0 Å². The van der Waals surface area contributed by atoms with E-state index in [4.69, 9.17) is 0 Å². The van der Waals surface area contributed by atoms with Crippen molar-refractivity contribution < 1.29 is 9.59 Å². The molecule has 1 aliphatic heterocycles. The van der Waals surface area contributed by atoms with E-state index in [9.17, 15) is 9.59 Å². The largest absolute Gasteiger partial charge is 0.355 e. The number of benzene rings is 1. The van der Waals surface area contributed by atoms with E-state index in [0.717, 1.165) is 53.6 Å². The number of aryl methyl sites for hydroxylation is 2. The van der Waals surface area contributed by atoms with Crippen molar-refractivity contribution in [3.05, 3.63) is 40.4 Å². The van der Waals surface area contributed by atoms with Crippen LogP contribution in [0.4, 0.5) is 0 Å². The van der Waals surface area contributed by atoms with E-state index in [-0.39, 0.29) is 17.7 Å². The standard InChI is InChI=1S/C26H38N4O2S/c1-6-29(7-2)17-14-27-24(31)19(4)21-12-15-30(16-13-21)26(32)23-20(5)28-25(33-23)22-10-8-18(3)9-11-22/h8-11,19,21H,6-7,12-17H2,1-5H3,(H,27,31). The number of thiazole rings is 1. The smallest absolute Gasteiger partial charge is 0.265 e. The summed E-state index contributed by atoms with van der Waals surface area (Å²) in [5.41, 5.74) is 3.05. The van der Waals surface area contributed by atoms with Crippen molar-refractivity contribution in [3.8, 4) is 10.6 Å². The SMILES string of the molecule is CCN(CC)CCNC(=O)C(C)C1CCN(C(=O)c2sc(-c3ccc(C)cc3)nc2C)CC1. The molecular formula is C26H38N4O2S. The van der Waals surface area contributed by atoms with E-state index in [2.05, 4.69) is 60.2 Å². The second-order valence-corrected chi connectivity index (χ2v) is 10.0. The molecule has 1 fully saturated rings. The molecule has 3 rings (SSSR count). The number of piperidine rings is 1. The number of likely N-dealkylation sites (N-methyl/N-ethyl adjacent to an activating group) is 1. The summed E-state index contributed by atoms with van der Waals surface area (Å²) in [4.78, 5) is 35.5. The number of hydrogen-bond acceptors (Lipinski definition) is 5. The Morgan fingerprint density at radius 1 is 1.15 bits per heavy atom. The molecule has 1 aromatic heterocycles. The molecule has 1 aromatic carbocycles. The molecule has 33 heavy (non-hydrogen) atoms. The second-order valence-electron chi connectivity index (χ2n) is 9.04. The van der Waals surface area contributed by atoms with Crippen LogP contribution in [-0.4, -0.2) is 65.9 Å². The second kappa shape index (κ2) is 11.7. The molecule has 1 saturated heterocycles. The van der Waals surface area contributed by atoms with E-state index in [1.807, 2.05) is 18.7 Å². The molecule has 0 saturated carbocycles. The summed E-state index contributed by atoms with van der Waals surface area (Å²) in [5, 5.41) is 3.99. The lowest BCUT2D eigenvalue weighted by Crippen LogP contribution is -2.43. The molecule has 0 bridgehead atoms. The number of amides is 2. The molecule has 2 aromatic rings. The Hall–Kier alpha value is -2.25. The monoisotopic (exact) mass is 470 g/mol. The highest BCUT2D eigenvalue weighted by Crippen LogP contribution is 2.31. The normalized spacial score (nSPS) is 15.6. The quantitative estimate of drug-likeness (QED) is 0.591. The number of likely N-dealkylation sites (tertiary alicyclic amines) is 1. The number of carbonyl (C=O) groups is 2. The van der Waals surface area contributed by atoms with Crippen LogP contribution in [0.3, 0.4) is 0 Å². The van der Waals surface area contributed by atoms with Crippen molar-refractivity contribution >= 4 is 23.2 Å². The van der Waals surface area contributed by atoms with Gasteiger partial charge in [0.15, 0.2) is 0 Å². The van der Waals surface area contributed by atoms with Crippen LogP contribution in [0.25, 0.3) is 10.6 Å². The molecule has 0 spiro atoms. The summed E-state index contributed by atoms with van der Waals surface area (Å²) in [7, 11) is 0. The van der Waals surface area contributed by atoms with Crippen molar-refractivity contribution in [1.82, 2.24) is 20.1 Å². The van der Waals surface area contributed by atoms with Crippen molar-refractivity contribution in [1.29, 1.82) is 0 Å². The Labute approximate surface area is 202 Å². The van der Waals surface area contributed by atoms with Crippen molar-refractivity contribution in [2.45, 2.75) is 47.5 Å². The third kappa shape index (κ3) is 6.42. The van der Waals surface area contributed by atoms with E-state index in [1.165, 1.54) is 16.9 Å². The molecule has 6 nitrogen and oxygen atoms in total. The molecule has 1 atom stereocenters. The Morgan fingerprint density at radius 3 is 2.39 bits per heavy atom. The molecule has 2 heterocycles. The van der Waals surface area contributed by atoms with Gasteiger partial charge in [0.1, 0.15) is 9.88 Å². The highest BCUT2D eigenvalue weighted by Gasteiger charge is 2.31. The summed E-state index contributed by atoms with van der Waals surface area (Å²) < 4.78 is 0. The third-order valence-corrected chi connectivity index (χ3v) is 8.05. The molecular weight excluding hydrogens is 432 g/mol. The van der Waals surface area contributed by atoms with Gasteiger partial charge in [-0.1, -0.05) is 50.6 Å². The number of aromatic nitrogens is 1. The van der Waals surface area contributed by atoms with Gasteiger partial charge in [0.25, 0.3) is 5.91 Å². The number of hydrogen-bond donors (Lipinski definition) is 1. The van der Waals surface area contributed by atoms with Gasteiger partial charge in [-0.05, 0) is 45.7 Å². The van der Waals surface area contributed by atoms with Gasteiger partial charge in [0, 0.05) is 37.7 Å².